The maximum absolute atomic E-state index is 13.1. The number of benzene rings is 1. The molecule has 1 aromatic carbocycles. The lowest BCUT2D eigenvalue weighted by Crippen LogP contribution is -2.38. The van der Waals surface area contributed by atoms with E-state index in [0.717, 1.165) is 24.9 Å². The molecule has 0 spiro atoms. The fourth-order valence-corrected chi connectivity index (χ4v) is 4.23. The molecule has 0 bridgehead atoms. The average molecular weight is 491 g/mol. The predicted molar refractivity (Wildman–Crippen MR) is 141 cm³/mol. The molecule has 0 unspecified atom stereocenters. The summed E-state index contributed by atoms with van der Waals surface area (Å²) in [5.74, 6) is 0.436. The van der Waals surface area contributed by atoms with Crippen LogP contribution in [0.1, 0.15) is 72.8 Å². The maximum Gasteiger partial charge on any atom is 0.273 e. The number of imidazole rings is 1. The van der Waals surface area contributed by atoms with Crippen LogP contribution in [0, 0.1) is 0 Å². The van der Waals surface area contributed by atoms with Crippen LogP contribution >= 0.6 is 0 Å². The summed E-state index contributed by atoms with van der Waals surface area (Å²) in [6.45, 7) is 11.3. The summed E-state index contributed by atoms with van der Waals surface area (Å²) in [4.78, 5) is 41.3. The molecule has 0 fully saturated rings. The molecule has 3 aromatic rings. The SMILES string of the molecule is CC(C)N(CCCCNC(=O)c1ccc(CN(Cc2ncc[nH]2)C(=O)c2ccccn2)cc1)C(C)C. The van der Waals surface area contributed by atoms with Gasteiger partial charge < -0.3 is 15.2 Å². The zero-order valence-corrected chi connectivity index (χ0v) is 21.8. The highest BCUT2D eigenvalue weighted by Gasteiger charge is 2.19. The van der Waals surface area contributed by atoms with Crippen molar-refractivity contribution in [1.82, 2.24) is 30.1 Å². The van der Waals surface area contributed by atoms with Crippen molar-refractivity contribution in [2.75, 3.05) is 13.1 Å². The Balaban J connectivity index is 1.54. The Bertz CT molecular complexity index is 1060. The van der Waals surface area contributed by atoms with E-state index in [1.165, 1.54) is 0 Å². The van der Waals surface area contributed by atoms with Crippen LogP contribution in [0.4, 0.5) is 0 Å². The van der Waals surface area contributed by atoms with Gasteiger partial charge >= 0.3 is 0 Å². The van der Waals surface area contributed by atoms with E-state index < -0.39 is 0 Å². The highest BCUT2D eigenvalue weighted by atomic mass is 16.2. The van der Waals surface area contributed by atoms with E-state index in [1.807, 2.05) is 12.1 Å². The number of hydrogen-bond acceptors (Lipinski definition) is 5. The second-order valence-electron chi connectivity index (χ2n) is 9.50. The van der Waals surface area contributed by atoms with E-state index >= 15 is 0 Å². The van der Waals surface area contributed by atoms with Crippen LogP contribution < -0.4 is 5.32 Å². The number of amides is 2. The topological polar surface area (TPSA) is 94.2 Å². The number of hydrogen-bond donors (Lipinski definition) is 2. The van der Waals surface area contributed by atoms with E-state index in [-0.39, 0.29) is 11.8 Å². The lowest BCUT2D eigenvalue weighted by molar-refractivity contribution is 0.0719. The van der Waals surface area contributed by atoms with Gasteiger partial charge in [-0.3, -0.25) is 19.5 Å². The molecular weight excluding hydrogens is 452 g/mol. The Kier molecular flexibility index (Phi) is 10.2. The fraction of sp³-hybridized carbons (Fsp3) is 0.429. The highest BCUT2D eigenvalue weighted by molar-refractivity contribution is 5.94. The zero-order valence-electron chi connectivity index (χ0n) is 21.8. The number of nitrogens with zero attached hydrogens (tertiary/aromatic N) is 4. The second kappa shape index (κ2) is 13.5. The van der Waals surface area contributed by atoms with E-state index in [4.69, 9.17) is 0 Å². The Hall–Kier alpha value is -3.52. The molecule has 3 rings (SSSR count). The van der Waals surface area contributed by atoms with Crippen LogP contribution in [0.5, 0.6) is 0 Å². The van der Waals surface area contributed by atoms with Gasteiger partial charge in [0.15, 0.2) is 0 Å². The Morgan fingerprint density at radius 1 is 0.917 bits per heavy atom. The molecule has 0 aliphatic heterocycles. The van der Waals surface area contributed by atoms with Crippen molar-refractivity contribution < 1.29 is 9.59 Å². The van der Waals surface area contributed by atoms with Crippen molar-refractivity contribution in [3.05, 3.63) is 83.7 Å². The molecule has 2 aromatic heterocycles. The molecule has 0 atom stereocenters. The van der Waals surface area contributed by atoms with Crippen LogP contribution in [0.3, 0.4) is 0 Å². The Labute approximate surface area is 214 Å². The summed E-state index contributed by atoms with van der Waals surface area (Å²) < 4.78 is 0. The molecule has 0 aliphatic carbocycles. The number of rotatable bonds is 13. The van der Waals surface area contributed by atoms with Crippen molar-refractivity contribution in [3.8, 4) is 0 Å². The summed E-state index contributed by atoms with van der Waals surface area (Å²) in [5, 5.41) is 3.02. The number of pyridine rings is 1. The van der Waals surface area contributed by atoms with Gasteiger partial charge in [0.2, 0.25) is 0 Å². The van der Waals surface area contributed by atoms with Gasteiger partial charge in [-0.2, -0.15) is 0 Å². The fourth-order valence-electron chi connectivity index (χ4n) is 4.23. The van der Waals surface area contributed by atoms with Gasteiger partial charge in [-0.1, -0.05) is 18.2 Å². The second-order valence-corrected chi connectivity index (χ2v) is 9.50. The third-order valence-corrected chi connectivity index (χ3v) is 6.11. The third kappa shape index (κ3) is 8.02. The summed E-state index contributed by atoms with van der Waals surface area (Å²) in [5.41, 5.74) is 1.91. The van der Waals surface area contributed by atoms with Crippen molar-refractivity contribution >= 4 is 11.8 Å². The predicted octanol–water partition coefficient (Wildman–Crippen LogP) is 4.28. The first kappa shape index (κ1) is 27.1. The van der Waals surface area contributed by atoms with Crippen LogP contribution in [0.15, 0.2) is 61.1 Å². The highest BCUT2D eigenvalue weighted by Crippen LogP contribution is 2.13. The number of carbonyl (C=O) groups excluding carboxylic acids is 2. The van der Waals surface area contributed by atoms with E-state index in [1.54, 1.807) is 53.8 Å². The number of nitrogens with one attached hydrogen (secondary N) is 2. The van der Waals surface area contributed by atoms with Crippen LogP contribution in [-0.2, 0) is 13.1 Å². The minimum atomic E-state index is -0.178. The Morgan fingerprint density at radius 2 is 1.67 bits per heavy atom. The minimum Gasteiger partial charge on any atom is -0.352 e. The monoisotopic (exact) mass is 490 g/mol. The van der Waals surface area contributed by atoms with Crippen LogP contribution in [0.2, 0.25) is 0 Å². The molecule has 8 heteroatoms. The van der Waals surface area contributed by atoms with Crippen molar-refractivity contribution in [2.24, 2.45) is 0 Å². The van der Waals surface area contributed by atoms with Gasteiger partial charge in [0, 0.05) is 49.3 Å². The lowest BCUT2D eigenvalue weighted by Gasteiger charge is -2.30. The first-order valence-corrected chi connectivity index (χ1v) is 12.7. The molecule has 36 heavy (non-hydrogen) atoms. The lowest BCUT2D eigenvalue weighted by atomic mass is 10.1. The van der Waals surface area contributed by atoms with E-state index in [0.29, 0.717) is 48.8 Å². The average Bonchev–Trinajstić information content (AvgIpc) is 3.39. The van der Waals surface area contributed by atoms with Crippen LogP contribution in [-0.4, -0.2) is 61.7 Å². The van der Waals surface area contributed by atoms with Gasteiger partial charge in [-0.25, -0.2) is 4.98 Å². The summed E-state index contributed by atoms with van der Waals surface area (Å²) in [6, 6.07) is 13.7. The first-order chi connectivity index (χ1) is 17.3. The first-order valence-electron chi connectivity index (χ1n) is 12.7. The smallest absolute Gasteiger partial charge is 0.273 e. The Morgan fingerprint density at radius 3 is 2.28 bits per heavy atom. The number of unbranched alkanes of at least 4 members (excludes halogenated alkanes) is 1. The van der Waals surface area contributed by atoms with Gasteiger partial charge in [0.25, 0.3) is 11.8 Å². The van der Waals surface area contributed by atoms with E-state index in [2.05, 4.69) is 52.9 Å². The van der Waals surface area contributed by atoms with Gasteiger partial charge in [0.1, 0.15) is 11.5 Å². The molecular formula is C28H38N6O2. The van der Waals surface area contributed by atoms with Crippen LogP contribution in [0.25, 0.3) is 0 Å². The summed E-state index contributed by atoms with van der Waals surface area (Å²) in [6.07, 6.45) is 6.99. The molecule has 0 saturated heterocycles. The zero-order chi connectivity index (χ0) is 25.9. The largest absolute Gasteiger partial charge is 0.352 e. The molecule has 2 amide bonds. The summed E-state index contributed by atoms with van der Waals surface area (Å²) in [7, 11) is 0. The van der Waals surface area contributed by atoms with Crippen molar-refractivity contribution in [1.29, 1.82) is 0 Å². The molecule has 0 radical (unpaired) electrons. The number of carbonyl (C=O) groups is 2. The molecule has 0 aliphatic rings. The van der Waals surface area contributed by atoms with E-state index in [9.17, 15) is 9.59 Å². The van der Waals surface area contributed by atoms with Gasteiger partial charge in [-0.05, 0) is 76.9 Å². The van der Waals surface area contributed by atoms with Gasteiger partial charge in [0.05, 0.1) is 6.54 Å². The quantitative estimate of drug-likeness (QED) is 0.349. The number of H-pyrrole nitrogens is 1. The maximum atomic E-state index is 13.1. The number of aromatic nitrogens is 3. The third-order valence-electron chi connectivity index (χ3n) is 6.11. The van der Waals surface area contributed by atoms with Gasteiger partial charge in [-0.15, -0.1) is 0 Å². The standard InChI is InChI=1S/C28H38N6O2/c1-21(2)34(22(3)4)18-8-7-15-32-27(35)24-12-10-23(11-13-24)19-33(20-26-30-16-17-31-26)28(36)25-9-5-6-14-29-25/h5-6,9-14,16-17,21-22H,7-8,15,18-20H2,1-4H3,(H,30,31)(H,32,35). The molecule has 192 valence electrons. The molecule has 2 heterocycles. The molecule has 8 nitrogen and oxygen atoms in total. The summed E-state index contributed by atoms with van der Waals surface area (Å²) >= 11 is 0. The number of aromatic amines is 1. The van der Waals surface area contributed by atoms with Crippen molar-refractivity contribution in [2.45, 2.75) is 65.7 Å². The minimum absolute atomic E-state index is 0.0804. The molecule has 2 N–H and O–H groups in total. The van der Waals surface area contributed by atoms with Crippen molar-refractivity contribution in [3.63, 3.8) is 0 Å². The molecule has 0 saturated carbocycles. The normalized spacial score (nSPS) is 11.3.